The number of rotatable bonds is 7. The summed E-state index contributed by atoms with van der Waals surface area (Å²) in [5, 5.41) is 0. The minimum atomic E-state index is -4.50. The van der Waals surface area contributed by atoms with E-state index in [-0.39, 0.29) is 52.1 Å². The van der Waals surface area contributed by atoms with Crippen LogP contribution in [0.4, 0.5) is 13.2 Å². The Morgan fingerprint density at radius 2 is 1.48 bits per heavy atom. The SMILES string of the molecule is CC(C)c1ccc(S(=O)(=O)c2ccccc2)cc1S(=O)(=O)NC1CCN(C(=O)c2ccc(C(F)(F)F)cc2)CC1. The van der Waals surface area contributed by atoms with Crippen LogP contribution in [-0.2, 0) is 26.0 Å². The van der Waals surface area contributed by atoms with Gasteiger partial charge in [0.2, 0.25) is 19.9 Å². The molecule has 1 aliphatic heterocycles. The van der Waals surface area contributed by atoms with Gasteiger partial charge in [0.1, 0.15) is 0 Å². The number of piperidine rings is 1. The molecule has 1 heterocycles. The van der Waals surface area contributed by atoms with Gasteiger partial charge in [-0.2, -0.15) is 13.2 Å². The number of halogens is 3. The molecule has 1 N–H and O–H groups in total. The summed E-state index contributed by atoms with van der Waals surface area (Å²) in [6.07, 6.45) is -3.94. The Morgan fingerprint density at radius 1 is 0.875 bits per heavy atom. The van der Waals surface area contributed by atoms with Gasteiger partial charge in [0.25, 0.3) is 5.91 Å². The minimum Gasteiger partial charge on any atom is -0.339 e. The van der Waals surface area contributed by atoms with E-state index < -0.39 is 43.5 Å². The highest BCUT2D eigenvalue weighted by atomic mass is 32.2. The van der Waals surface area contributed by atoms with Crippen LogP contribution >= 0.6 is 0 Å². The molecule has 0 unspecified atom stereocenters. The molecule has 0 radical (unpaired) electrons. The molecule has 0 saturated carbocycles. The number of benzene rings is 3. The van der Waals surface area contributed by atoms with Crippen molar-refractivity contribution in [1.29, 1.82) is 0 Å². The maximum absolute atomic E-state index is 13.5. The number of carbonyl (C=O) groups excluding carboxylic acids is 1. The van der Waals surface area contributed by atoms with Crippen molar-refractivity contribution < 1.29 is 34.8 Å². The van der Waals surface area contributed by atoms with E-state index in [1.807, 2.05) is 13.8 Å². The Hall–Kier alpha value is -3.22. The van der Waals surface area contributed by atoms with E-state index >= 15 is 0 Å². The van der Waals surface area contributed by atoms with Crippen LogP contribution in [0.15, 0.2) is 87.5 Å². The van der Waals surface area contributed by atoms with Crippen LogP contribution in [0.5, 0.6) is 0 Å². The summed E-state index contributed by atoms with van der Waals surface area (Å²) in [6.45, 7) is 4.02. The summed E-state index contributed by atoms with van der Waals surface area (Å²) in [4.78, 5) is 14.1. The predicted molar refractivity (Wildman–Crippen MR) is 143 cm³/mol. The summed E-state index contributed by atoms with van der Waals surface area (Å²) in [7, 11) is -8.08. The van der Waals surface area contributed by atoms with Crippen LogP contribution in [0.25, 0.3) is 0 Å². The molecule has 0 bridgehead atoms. The van der Waals surface area contributed by atoms with E-state index in [0.717, 1.165) is 24.3 Å². The first-order valence-corrected chi connectivity index (χ1v) is 15.6. The highest BCUT2D eigenvalue weighted by Crippen LogP contribution is 2.31. The van der Waals surface area contributed by atoms with Crippen molar-refractivity contribution in [3.8, 4) is 0 Å². The maximum Gasteiger partial charge on any atom is 0.416 e. The number of carbonyl (C=O) groups is 1. The van der Waals surface area contributed by atoms with Crippen molar-refractivity contribution in [2.45, 2.75) is 59.5 Å². The van der Waals surface area contributed by atoms with Gasteiger partial charge in [-0.05, 0) is 72.9 Å². The molecular weight excluding hydrogens is 565 g/mol. The van der Waals surface area contributed by atoms with Crippen molar-refractivity contribution in [3.63, 3.8) is 0 Å². The van der Waals surface area contributed by atoms with Crippen molar-refractivity contribution in [2.24, 2.45) is 0 Å². The molecule has 214 valence electrons. The average Bonchev–Trinajstić information content (AvgIpc) is 2.92. The lowest BCUT2D eigenvalue weighted by molar-refractivity contribution is -0.137. The van der Waals surface area contributed by atoms with Gasteiger partial charge in [-0.25, -0.2) is 21.6 Å². The van der Waals surface area contributed by atoms with E-state index in [2.05, 4.69) is 4.72 Å². The van der Waals surface area contributed by atoms with Crippen LogP contribution in [0.2, 0.25) is 0 Å². The third kappa shape index (κ3) is 6.39. The van der Waals surface area contributed by atoms with Gasteiger partial charge in [0, 0.05) is 24.7 Å². The molecule has 1 fully saturated rings. The van der Waals surface area contributed by atoms with Gasteiger partial charge in [-0.15, -0.1) is 0 Å². The number of sulfonamides is 1. The molecule has 1 amide bonds. The Balaban J connectivity index is 1.50. The first kappa shape index (κ1) is 29.8. The van der Waals surface area contributed by atoms with E-state index in [1.54, 1.807) is 18.2 Å². The first-order chi connectivity index (χ1) is 18.7. The smallest absolute Gasteiger partial charge is 0.339 e. The van der Waals surface area contributed by atoms with Gasteiger partial charge >= 0.3 is 6.18 Å². The third-order valence-corrected chi connectivity index (χ3v) is 10.2. The molecule has 3 aromatic rings. The number of hydrogen-bond donors (Lipinski definition) is 1. The summed E-state index contributed by atoms with van der Waals surface area (Å²) >= 11 is 0. The Morgan fingerprint density at radius 3 is 2.02 bits per heavy atom. The van der Waals surface area contributed by atoms with Gasteiger partial charge < -0.3 is 4.90 Å². The number of alkyl halides is 3. The van der Waals surface area contributed by atoms with Gasteiger partial charge in [0.15, 0.2) is 0 Å². The number of likely N-dealkylation sites (tertiary alicyclic amines) is 1. The first-order valence-electron chi connectivity index (χ1n) is 12.6. The fourth-order valence-corrected chi connectivity index (χ4v) is 7.68. The molecular formula is C28H29F3N2O5S2. The second kappa shape index (κ2) is 11.3. The lowest BCUT2D eigenvalue weighted by Crippen LogP contribution is -2.46. The largest absolute Gasteiger partial charge is 0.416 e. The second-order valence-electron chi connectivity index (χ2n) is 9.93. The second-order valence-corrected chi connectivity index (χ2v) is 13.6. The molecule has 7 nitrogen and oxygen atoms in total. The molecule has 3 aromatic carbocycles. The Bertz CT molecular complexity index is 1580. The fraction of sp³-hybridized carbons (Fsp3) is 0.321. The number of sulfone groups is 1. The monoisotopic (exact) mass is 594 g/mol. The normalized spacial score (nSPS) is 15.4. The molecule has 40 heavy (non-hydrogen) atoms. The molecule has 4 rings (SSSR count). The minimum absolute atomic E-state index is 0.0497. The highest BCUT2D eigenvalue weighted by Gasteiger charge is 2.32. The van der Waals surface area contributed by atoms with Crippen LogP contribution < -0.4 is 4.72 Å². The third-order valence-electron chi connectivity index (χ3n) is 6.82. The lowest BCUT2D eigenvalue weighted by atomic mass is 10.0. The number of hydrogen-bond acceptors (Lipinski definition) is 5. The predicted octanol–water partition coefficient (Wildman–Crippen LogP) is 5.24. The van der Waals surface area contributed by atoms with Crippen LogP contribution in [-0.4, -0.2) is 46.8 Å². The Kier molecular flexibility index (Phi) is 8.44. The molecule has 0 spiro atoms. The number of amides is 1. The molecule has 12 heteroatoms. The van der Waals surface area contributed by atoms with Crippen molar-refractivity contribution in [2.75, 3.05) is 13.1 Å². The topological polar surface area (TPSA) is 101 Å². The van der Waals surface area contributed by atoms with Crippen LogP contribution in [0, 0.1) is 0 Å². The standard InChI is InChI=1S/C28H29F3N2O5S2/c1-19(2)25-13-12-24(39(35,36)23-6-4-3-5-7-23)18-26(25)40(37,38)32-22-14-16-33(17-15-22)27(34)20-8-10-21(11-9-20)28(29,30)31/h3-13,18-19,22,32H,14-17H2,1-2H3. The van der Waals surface area contributed by atoms with Gasteiger partial charge in [0.05, 0.1) is 20.2 Å². The van der Waals surface area contributed by atoms with E-state index in [0.29, 0.717) is 5.56 Å². The molecule has 0 aromatic heterocycles. The zero-order chi connectivity index (χ0) is 29.3. The van der Waals surface area contributed by atoms with E-state index in [4.69, 9.17) is 0 Å². The summed E-state index contributed by atoms with van der Waals surface area (Å²) < 4.78 is 94.5. The summed E-state index contributed by atoms with van der Waals surface area (Å²) in [5.41, 5.74) is -0.266. The lowest BCUT2D eigenvalue weighted by Gasteiger charge is -2.32. The number of nitrogens with zero attached hydrogens (tertiary/aromatic N) is 1. The molecule has 1 saturated heterocycles. The van der Waals surface area contributed by atoms with Gasteiger partial charge in [-0.1, -0.05) is 38.1 Å². The molecule has 0 aliphatic carbocycles. The maximum atomic E-state index is 13.5. The molecule has 1 aliphatic rings. The van der Waals surface area contributed by atoms with E-state index in [1.165, 1.54) is 35.2 Å². The van der Waals surface area contributed by atoms with Crippen LogP contribution in [0.1, 0.15) is 54.1 Å². The highest BCUT2D eigenvalue weighted by molar-refractivity contribution is 7.91. The fourth-order valence-electron chi connectivity index (χ4n) is 4.59. The van der Waals surface area contributed by atoms with Gasteiger partial charge in [-0.3, -0.25) is 4.79 Å². The average molecular weight is 595 g/mol. The summed E-state index contributed by atoms with van der Waals surface area (Å²) in [6, 6.07) is 15.3. The molecule has 0 atom stereocenters. The van der Waals surface area contributed by atoms with Crippen molar-refractivity contribution >= 4 is 25.8 Å². The Labute approximate surface area is 232 Å². The number of nitrogens with one attached hydrogen (secondary N) is 1. The quantitative estimate of drug-likeness (QED) is 0.403. The summed E-state index contributed by atoms with van der Waals surface area (Å²) in [5.74, 6) is -0.640. The van der Waals surface area contributed by atoms with Crippen LogP contribution in [0.3, 0.4) is 0 Å². The van der Waals surface area contributed by atoms with E-state index in [9.17, 15) is 34.8 Å². The zero-order valence-corrected chi connectivity index (χ0v) is 23.5. The van der Waals surface area contributed by atoms with Crippen molar-refractivity contribution in [1.82, 2.24) is 9.62 Å². The zero-order valence-electron chi connectivity index (χ0n) is 21.9. The van der Waals surface area contributed by atoms with Crippen molar-refractivity contribution in [3.05, 3.63) is 89.5 Å².